The van der Waals surface area contributed by atoms with Gasteiger partial charge in [0.15, 0.2) is 11.5 Å². The number of carbonyl (C=O) groups excluding carboxylic acids is 1. The number of benzene rings is 2. The second kappa shape index (κ2) is 7.70. The molecular formula is C23H21N3O4S. The second-order valence-electron chi connectivity index (χ2n) is 7.47. The summed E-state index contributed by atoms with van der Waals surface area (Å²) >= 11 is 1.56. The van der Waals surface area contributed by atoms with Crippen LogP contribution in [-0.4, -0.2) is 22.5 Å². The average Bonchev–Trinajstić information content (AvgIpc) is 3.40. The first-order valence-electron chi connectivity index (χ1n) is 10.1. The molecule has 0 bridgehead atoms. The van der Waals surface area contributed by atoms with Gasteiger partial charge in [0.25, 0.3) is 5.56 Å². The van der Waals surface area contributed by atoms with Crippen molar-refractivity contribution in [2.45, 2.75) is 32.9 Å². The van der Waals surface area contributed by atoms with Gasteiger partial charge in [0.05, 0.1) is 15.8 Å². The van der Waals surface area contributed by atoms with Crippen LogP contribution in [0.15, 0.2) is 47.3 Å². The maximum Gasteiger partial charge on any atom is 0.276 e. The average molecular weight is 436 g/mol. The Balaban J connectivity index is 1.46. The fourth-order valence-electron chi connectivity index (χ4n) is 3.92. The Morgan fingerprint density at radius 1 is 1.23 bits per heavy atom. The summed E-state index contributed by atoms with van der Waals surface area (Å²) in [6.45, 7) is 4.29. The molecule has 1 aliphatic heterocycles. The van der Waals surface area contributed by atoms with E-state index in [0.29, 0.717) is 29.9 Å². The minimum Gasteiger partial charge on any atom is -0.454 e. The Morgan fingerprint density at radius 2 is 2.03 bits per heavy atom. The molecule has 1 atom stereocenters. The third kappa shape index (κ3) is 3.33. The number of thiophene rings is 1. The van der Waals surface area contributed by atoms with Gasteiger partial charge in [-0.1, -0.05) is 31.2 Å². The molecule has 1 aliphatic rings. The highest BCUT2D eigenvalue weighted by atomic mass is 32.1. The molecular weight excluding hydrogens is 414 g/mol. The smallest absolute Gasteiger partial charge is 0.276 e. The van der Waals surface area contributed by atoms with Gasteiger partial charge in [0.2, 0.25) is 12.7 Å². The molecule has 1 N–H and O–H groups in total. The van der Waals surface area contributed by atoms with Gasteiger partial charge in [0, 0.05) is 16.6 Å². The number of aryl methyl sites for hydroxylation is 1. The molecule has 4 aromatic rings. The summed E-state index contributed by atoms with van der Waals surface area (Å²) in [6, 6.07) is 12.7. The Labute approximate surface area is 182 Å². The van der Waals surface area contributed by atoms with Crippen LogP contribution in [0.3, 0.4) is 0 Å². The van der Waals surface area contributed by atoms with Crippen LogP contribution >= 0.6 is 11.3 Å². The monoisotopic (exact) mass is 435 g/mol. The Bertz CT molecular complexity index is 1370. The number of nitrogens with one attached hydrogen (secondary N) is 1. The van der Waals surface area contributed by atoms with Crippen molar-refractivity contribution in [1.29, 1.82) is 0 Å². The van der Waals surface area contributed by atoms with E-state index in [1.807, 2.05) is 56.3 Å². The molecule has 0 unspecified atom stereocenters. The molecule has 2 aromatic carbocycles. The first-order valence-corrected chi connectivity index (χ1v) is 11.0. The number of amides is 1. The summed E-state index contributed by atoms with van der Waals surface area (Å²) in [5.74, 6) is 1.12. The minimum atomic E-state index is -0.691. The maximum atomic E-state index is 13.4. The zero-order valence-electron chi connectivity index (χ0n) is 17.2. The number of aromatic nitrogens is 2. The van der Waals surface area contributed by atoms with Gasteiger partial charge in [-0.3, -0.25) is 9.59 Å². The molecule has 158 valence electrons. The Hall–Kier alpha value is -3.39. The van der Waals surface area contributed by atoms with Gasteiger partial charge in [-0.2, -0.15) is 5.10 Å². The van der Waals surface area contributed by atoms with Crippen LogP contribution in [0.25, 0.3) is 20.2 Å². The van der Waals surface area contributed by atoms with Gasteiger partial charge >= 0.3 is 0 Å². The first-order chi connectivity index (χ1) is 15.1. The molecule has 7 nitrogen and oxygen atoms in total. The molecule has 0 saturated heterocycles. The molecule has 8 heteroatoms. The lowest BCUT2D eigenvalue weighted by atomic mass is 10.1. The van der Waals surface area contributed by atoms with Crippen molar-refractivity contribution in [3.05, 3.63) is 64.1 Å². The summed E-state index contributed by atoms with van der Waals surface area (Å²) in [5.41, 5.74) is 1.41. The number of rotatable bonds is 5. The lowest BCUT2D eigenvalue weighted by molar-refractivity contribution is -0.125. The van der Waals surface area contributed by atoms with E-state index in [1.54, 1.807) is 11.3 Å². The molecule has 3 heterocycles. The van der Waals surface area contributed by atoms with Crippen molar-refractivity contribution in [3.8, 4) is 11.5 Å². The summed E-state index contributed by atoms with van der Waals surface area (Å²) < 4.78 is 14.0. The lowest BCUT2D eigenvalue weighted by Crippen LogP contribution is -2.38. The number of hydrogen-bond acceptors (Lipinski definition) is 6. The minimum absolute atomic E-state index is 0.205. The van der Waals surface area contributed by atoms with E-state index in [9.17, 15) is 9.59 Å². The van der Waals surface area contributed by atoms with E-state index < -0.39 is 6.04 Å². The third-order valence-corrected chi connectivity index (χ3v) is 6.77. The predicted octanol–water partition coefficient (Wildman–Crippen LogP) is 3.92. The van der Waals surface area contributed by atoms with Gasteiger partial charge in [-0.25, -0.2) is 4.68 Å². The van der Waals surface area contributed by atoms with Gasteiger partial charge in [0.1, 0.15) is 6.04 Å². The summed E-state index contributed by atoms with van der Waals surface area (Å²) in [7, 11) is 0. The zero-order valence-corrected chi connectivity index (χ0v) is 18.0. The van der Waals surface area contributed by atoms with E-state index in [0.717, 1.165) is 26.0 Å². The fraction of sp³-hybridized carbons (Fsp3) is 0.261. The van der Waals surface area contributed by atoms with Gasteiger partial charge < -0.3 is 14.8 Å². The summed E-state index contributed by atoms with van der Waals surface area (Å²) in [4.78, 5) is 26.4. The van der Waals surface area contributed by atoms with Crippen molar-refractivity contribution < 1.29 is 14.3 Å². The first kappa shape index (κ1) is 19.6. The van der Waals surface area contributed by atoms with E-state index >= 15 is 0 Å². The molecule has 0 saturated carbocycles. The normalized spacial score (nSPS) is 13.6. The Morgan fingerprint density at radius 3 is 2.87 bits per heavy atom. The molecule has 0 radical (unpaired) electrons. The molecule has 1 amide bonds. The summed E-state index contributed by atoms with van der Waals surface area (Å²) in [5, 5.41) is 8.98. The van der Waals surface area contributed by atoms with Crippen LogP contribution in [0.4, 0.5) is 0 Å². The highest BCUT2D eigenvalue weighted by Gasteiger charge is 2.24. The maximum absolute atomic E-state index is 13.4. The SMILES string of the molecule is CC[C@@H](C(=O)NCc1ccc2c(c1)OCO2)n1nc(C)c2sc3ccccc3c2c1=O. The number of carbonyl (C=O) groups is 1. The van der Waals surface area contributed by atoms with Crippen molar-refractivity contribution >= 4 is 37.4 Å². The molecule has 5 rings (SSSR count). The third-order valence-electron chi connectivity index (χ3n) is 5.49. The summed E-state index contributed by atoms with van der Waals surface area (Å²) in [6.07, 6.45) is 0.451. The van der Waals surface area contributed by atoms with Crippen molar-refractivity contribution in [3.63, 3.8) is 0 Å². The van der Waals surface area contributed by atoms with Gasteiger partial charge in [-0.05, 0) is 37.1 Å². The number of ether oxygens (including phenoxy) is 2. The van der Waals surface area contributed by atoms with Crippen LogP contribution in [0, 0.1) is 6.92 Å². The van der Waals surface area contributed by atoms with E-state index in [-0.39, 0.29) is 18.3 Å². The van der Waals surface area contributed by atoms with Crippen LogP contribution in [0.5, 0.6) is 11.5 Å². The van der Waals surface area contributed by atoms with Crippen LogP contribution in [-0.2, 0) is 11.3 Å². The topological polar surface area (TPSA) is 82.4 Å². The van der Waals surface area contributed by atoms with Crippen molar-refractivity contribution in [1.82, 2.24) is 15.1 Å². The molecule has 2 aromatic heterocycles. The highest BCUT2D eigenvalue weighted by Crippen LogP contribution is 2.34. The molecule has 0 fully saturated rings. The lowest BCUT2D eigenvalue weighted by Gasteiger charge is -2.17. The van der Waals surface area contributed by atoms with Gasteiger partial charge in [-0.15, -0.1) is 11.3 Å². The predicted molar refractivity (Wildman–Crippen MR) is 120 cm³/mol. The van der Waals surface area contributed by atoms with Crippen LogP contribution in [0.2, 0.25) is 0 Å². The standard InChI is InChI=1S/C23H21N3O4S/c1-3-16(22(27)24-11-14-8-9-17-18(10-14)30-12-29-17)26-23(28)20-15-6-4-5-7-19(15)31-21(20)13(2)25-26/h4-10,16H,3,11-12H2,1-2H3,(H,24,27)/t16-/m0/s1. The second-order valence-corrected chi connectivity index (χ2v) is 8.52. The van der Waals surface area contributed by atoms with Crippen LogP contribution < -0.4 is 20.3 Å². The van der Waals surface area contributed by atoms with Crippen LogP contribution in [0.1, 0.15) is 30.6 Å². The molecule has 0 spiro atoms. The van der Waals surface area contributed by atoms with E-state index in [4.69, 9.17) is 9.47 Å². The number of fused-ring (bicyclic) bond motifs is 4. The largest absolute Gasteiger partial charge is 0.454 e. The Kier molecular flexibility index (Phi) is 4.86. The van der Waals surface area contributed by atoms with E-state index in [1.165, 1.54) is 4.68 Å². The highest BCUT2D eigenvalue weighted by molar-refractivity contribution is 7.26. The fourth-order valence-corrected chi connectivity index (χ4v) is 5.05. The van der Waals surface area contributed by atoms with E-state index in [2.05, 4.69) is 10.4 Å². The number of nitrogens with zero attached hydrogens (tertiary/aromatic N) is 2. The van der Waals surface area contributed by atoms with Crippen molar-refractivity contribution in [2.24, 2.45) is 0 Å². The molecule has 31 heavy (non-hydrogen) atoms. The number of hydrogen-bond donors (Lipinski definition) is 1. The zero-order chi connectivity index (χ0) is 21.5. The van der Waals surface area contributed by atoms with Crippen molar-refractivity contribution in [2.75, 3.05) is 6.79 Å². The molecule has 0 aliphatic carbocycles. The quantitative estimate of drug-likeness (QED) is 0.514.